The zero-order chi connectivity index (χ0) is 18.1. The molecule has 0 bridgehead atoms. The van der Waals surface area contributed by atoms with Crippen molar-refractivity contribution in [1.29, 1.82) is 0 Å². The fourth-order valence-electron chi connectivity index (χ4n) is 2.42. The second kappa shape index (κ2) is 6.73. The molecule has 0 fully saturated rings. The summed E-state index contributed by atoms with van der Waals surface area (Å²) < 4.78 is 6.55. The van der Waals surface area contributed by atoms with Crippen molar-refractivity contribution >= 4 is 44.6 Å². The highest BCUT2D eigenvalue weighted by Gasteiger charge is 2.14. The van der Waals surface area contributed by atoms with E-state index in [9.17, 15) is 9.59 Å². The van der Waals surface area contributed by atoms with Gasteiger partial charge in [0.25, 0.3) is 0 Å². The van der Waals surface area contributed by atoms with E-state index in [4.69, 9.17) is 0 Å². The van der Waals surface area contributed by atoms with E-state index in [1.54, 1.807) is 12.3 Å². The number of H-pyrrole nitrogens is 1. The van der Waals surface area contributed by atoms with Gasteiger partial charge < -0.3 is 15.0 Å². The average Bonchev–Trinajstić information content (AvgIpc) is 3.36. The number of rotatable bonds is 5. The molecule has 0 aliphatic carbocycles. The van der Waals surface area contributed by atoms with E-state index in [0.717, 1.165) is 10.5 Å². The zero-order valence-electron chi connectivity index (χ0n) is 13.6. The Morgan fingerprint density at radius 1 is 1.35 bits per heavy atom. The number of aromatic amines is 1. The molecule has 0 aromatic carbocycles. The van der Waals surface area contributed by atoms with Crippen LogP contribution in [0.1, 0.15) is 16.2 Å². The molecule has 0 aliphatic heterocycles. The Kier molecular flexibility index (Phi) is 4.27. The molecule has 0 unspecified atom stereocenters. The van der Waals surface area contributed by atoms with Gasteiger partial charge >= 0.3 is 5.97 Å². The third-order valence-electron chi connectivity index (χ3n) is 3.62. The average molecular weight is 387 g/mol. The number of hydrogen-bond acceptors (Lipinski definition) is 7. The normalized spacial score (nSPS) is 11.0. The maximum absolute atomic E-state index is 12.2. The Morgan fingerprint density at radius 2 is 2.23 bits per heavy atom. The highest BCUT2D eigenvalue weighted by Crippen LogP contribution is 2.25. The number of nitrogens with zero attached hydrogens (tertiary/aromatic N) is 3. The first kappa shape index (κ1) is 16.5. The summed E-state index contributed by atoms with van der Waals surface area (Å²) >= 11 is 2.84. The molecule has 4 heterocycles. The predicted molar refractivity (Wildman–Crippen MR) is 98.6 cm³/mol. The van der Waals surface area contributed by atoms with E-state index in [2.05, 4.69) is 25.0 Å². The minimum Gasteiger partial charge on any atom is -0.464 e. The second-order valence-electron chi connectivity index (χ2n) is 5.38. The van der Waals surface area contributed by atoms with Crippen molar-refractivity contribution in [1.82, 2.24) is 19.4 Å². The molecule has 0 saturated heterocycles. The number of hydrogen-bond donors (Lipinski definition) is 2. The molecule has 132 valence electrons. The summed E-state index contributed by atoms with van der Waals surface area (Å²) in [7, 11) is 1.32. The van der Waals surface area contributed by atoms with Gasteiger partial charge in [-0.05, 0) is 6.07 Å². The smallest absolute Gasteiger partial charge is 0.354 e. The van der Waals surface area contributed by atoms with Crippen LogP contribution in [0.15, 0.2) is 35.4 Å². The van der Waals surface area contributed by atoms with Crippen LogP contribution in [0.2, 0.25) is 0 Å². The van der Waals surface area contributed by atoms with Crippen LogP contribution >= 0.6 is 22.7 Å². The second-order valence-corrected chi connectivity index (χ2v) is 7.11. The summed E-state index contributed by atoms with van der Waals surface area (Å²) in [5, 5.41) is 7.02. The fraction of sp³-hybridized carbons (Fsp3) is 0.125. The van der Waals surface area contributed by atoms with Gasteiger partial charge in [0.1, 0.15) is 5.69 Å². The van der Waals surface area contributed by atoms with Gasteiger partial charge in [0.15, 0.2) is 10.1 Å². The Hall–Kier alpha value is -2.98. The van der Waals surface area contributed by atoms with Crippen LogP contribution in [-0.4, -0.2) is 38.3 Å². The van der Waals surface area contributed by atoms with Gasteiger partial charge in [-0.25, -0.2) is 14.8 Å². The molecule has 0 spiro atoms. The van der Waals surface area contributed by atoms with Crippen LogP contribution in [0, 0.1) is 0 Å². The molecule has 4 rings (SSSR count). The molecule has 0 aliphatic rings. The Balaban J connectivity index is 1.42. The van der Waals surface area contributed by atoms with Crippen LogP contribution in [-0.2, 0) is 16.0 Å². The summed E-state index contributed by atoms with van der Waals surface area (Å²) in [5.41, 5.74) is 2.47. The van der Waals surface area contributed by atoms with Crippen molar-refractivity contribution in [3.8, 4) is 11.3 Å². The lowest BCUT2D eigenvalue weighted by atomic mass is 10.2. The number of methoxy groups -OCH3 is 1. The van der Waals surface area contributed by atoms with E-state index in [1.165, 1.54) is 29.8 Å². The number of nitrogens with one attached hydrogen (secondary N) is 2. The molecule has 4 aromatic rings. The molecular formula is C16H13N5O3S2. The van der Waals surface area contributed by atoms with Crippen LogP contribution in [0.25, 0.3) is 16.2 Å². The Bertz CT molecular complexity index is 1060. The van der Waals surface area contributed by atoms with Crippen LogP contribution < -0.4 is 5.32 Å². The molecule has 2 N–H and O–H groups in total. The summed E-state index contributed by atoms with van der Waals surface area (Å²) in [5.74, 6) is -0.624. The summed E-state index contributed by atoms with van der Waals surface area (Å²) in [6.07, 6.45) is 5.60. The predicted octanol–water partition coefficient (Wildman–Crippen LogP) is 2.82. The monoisotopic (exact) mass is 387 g/mol. The number of carbonyl (C=O) groups is 2. The topological polar surface area (TPSA) is 101 Å². The van der Waals surface area contributed by atoms with E-state index in [1.807, 2.05) is 27.6 Å². The van der Waals surface area contributed by atoms with Crippen molar-refractivity contribution in [3.63, 3.8) is 0 Å². The van der Waals surface area contributed by atoms with Crippen molar-refractivity contribution in [3.05, 3.63) is 46.8 Å². The van der Waals surface area contributed by atoms with E-state index >= 15 is 0 Å². The largest absolute Gasteiger partial charge is 0.464 e. The molecule has 10 heteroatoms. The van der Waals surface area contributed by atoms with Gasteiger partial charge in [-0.1, -0.05) is 0 Å². The molecule has 8 nitrogen and oxygen atoms in total. The fourth-order valence-corrected chi connectivity index (χ4v) is 3.88. The van der Waals surface area contributed by atoms with Crippen molar-refractivity contribution in [2.24, 2.45) is 0 Å². The molecule has 0 radical (unpaired) electrons. The molecule has 0 saturated carbocycles. The maximum Gasteiger partial charge on any atom is 0.354 e. The van der Waals surface area contributed by atoms with Crippen LogP contribution in [0.4, 0.5) is 5.13 Å². The van der Waals surface area contributed by atoms with Crippen LogP contribution in [0.3, 0.4) is 0 Å². The zero-order valence-corrected chi connectivity index (χ0v) is 15.2. The van der Waals surface area contributed by atoms with Crippen molar-refractivity contribution in [2.45, 2.75) is 6.42 Å². The molecule has 26 heavy (non-hydrogen) atoms. The Labute approximate surface area is 155 Å². The minimum atomic E-state index is -0.444. The number of amides is 1. The lowest BCUT2D eigenvalue weighted by Gasteiger charge is -1.98. The summed E-state index contributed by atoms with van der Waals surface area (Å²) in [6.45, 7) is 0. The number of aromatic nitrogens is 4. The SMILES string of the molecule is COC(=O)c1cc(-c2csc(NC(=O)Cc3cn4ccsc4n3)n2)c[nH]1. The molecular weight excluding hydrogens is 374 g/mol. The lowest BCUT2D eigenvalue weighted by Crippen LogP contribution is -2.14. The third-order valence-corrected chi connectivity index (χ3v) is 5.15. The van der Waals surface area contributed by atoms with Gasteiger partial charge in [-0.15, -0.1) is 22.7 Å². The number of carbonyl (C=O) groups excluding carboxylic acids is 2. The number of ether oxygens (including phenoxy) is 1. The lowest BCUT2D eigenvalue weighted by molar-refractivity contribution is -0.115. The maximum atomic E-state index is 12.2. The number of fused-ring (bicyclic) bond motifs is 1. The van der Waals surface area contributed by atoms with Gasteiger partial charge in [0.05, 0.1) is 24.9 Å². The molecule has 1 amide bonds. The van der Waals surface area contributed by atoms with Crippen LogP contribution in [0.5, 0.6) is 0 Å². The van der Waals surface area contributed by atoms with Gasteiger partial charge in [0.2, 0.25) is 5.91 Å². The van der Waals surface area contributed by atoms with Crippen molar-refractivity contribution in [2.75, 3.05) is 12.4 Å². The van der Waals surface area contributed by atoms with E-state index in [0.29, 0.717) is 22.2 Å². The minimum absolute atomic E-state index is 0.180. The van der Waals surface area contributed by atoms with Gasteiger partial charge in [-0.2, -0.15) is 0 Å². The Morgan fingerprint density at radius 3 is 3.04 bits per heavy atom. The number of anilines is 1. The standard InChI is InChI=1S/C16H13N5O3S2/c1-24-14(23)11-4-9(6-17-11)12-8-26-15(19-12)20-13(22)5-10-7-21-2-3-25-16(21)18-10/h2-4,6-8,17H,5H2,1H3,(H,19,20,22). The number of esters is 1. The highest BCUT2D eigenvalue weighted by molar-refractivity contribution is 7.15. The van der Waals surface area contributed by atoms with E-state index < -0.39 is 5.97 Å². The first-order valence-corrected chi connectivity index (χ1v) is 9.32. The highest BCUT2D eigenvalue weighted by atomic mass is 32.1. The van der Waals surface area contributed by atoms with E-state index in [-0.39, 0.29) is 12.3 Å². The summed E-state index contributed by atoms with van der Waals surface area (Å²) in [4.78, 5) is 36.2. The molecule has 4 aromatic heterocycles. The quantitative estimate of drug-likeness (QED) is 0.513. The molecule has 0 atom stereocenters. The number of imidazole rings is 1. The van der Waals surface area contributed by atoms with Crippen molar-refractivity contribution < 1.29 is 14.3 Å². The third kappa shape index (κ3) is 3.24. The number of thiazole rings is 2. The first-order valence-electron chi connectivity index (χ1n) is 7.56. The first-order chi connectivity index (χ1) is 12.6. The summed E-state index contributed by atoms with van der Waals surface area (Å²) in [6, 6.07) is 1.66. The van der Waals surface area contributed by atoms with Gasteiger partial charge in [0, 0.05) is 34.9 Å². The van der Waals surface area contributed by atoms with Gasteiger partial charge in [-0.3, -0.25) is 9.20 Å².